The molecule has 2 aromatic carbocycles. The van der Waals surface area contributed by atoms with E-state index in [1.807, 2.05) is 51.1 Å². The Morgan fingerprint density at radius 2 is 1.70 bits per heavy atom. The first-order valence-electron chi connectivity index (χ1n) is 13.8. The van der Waals surface area contributed by atoms with Crippen LogP contribution in [-0.4, -0.2) is 76.3 Å². The van der Waals surface area contributed by atoms with Gasteiger partial charge in [-0.15, -0.1) is 10.2 Å². The number of rotatable bonds is 5. The highest BCUT2D eigenvalue weighted by Crippen LogP contribution is 2.40. The number of anilines is 3. The molecule has 40 heavy (non-hydrogen) atoms. The predicted octanol–water partition coefficient (Wildman–Crippen LogP) is 4.29. The van der Waals surface area contributed by atoms with Gasteiger partial charge in [0.1, 0.15) is 23.2 Å². The van der Waals surface area contributed by atoms with Crippen molar-refractivity contribution < 1.29 is 19.4 Å². The minimum Gasteiger partial charge on any atom is -0.507 e. The lowest BCUT2D eigenvalue weighted by Gasteiger charge is -2.44. The number of piperazine rings is 1. The van der Waals surface area contributed by atoms with E-state index < -0.39 is 5.60 Å². The van der Waals surface area contributed by atoms with Crippen molar-refractivity contribution in [3.05, 3.63) is 54.6 Å². The Balaban J connectivity index is 1.12. The Hall–Kier alpha value is -4.21. The van der Waals surface area contributed by atoms with E-state index in [4.69, 9.17) is 15.2 Å². The summed E-state index contributed by atoms with van der Waals surface area (Å²) in [6.07, 6.45) is 1.83. The van der Waals surface area contributed by atoms with Gasteiger partial charge in [0.15, 0.2) is 5.82 Å². The summed E-state index contributed by atoms with van der Waals surface area (Å²) >= 11 is 0. The first-order chi connectivity index (χ1) is 19.1. The lowest BCUT2D eigenvalue weighted by atomic mass is 10.1. The molecule has 0 unspecified atom stereocenters. The zero-order valence-corrected chi connectivity index (χ0v) is 23.2. The number of aromatic nitrogens is 2. The fraction of sp³-hybridized carbons (Fsp3) is 0.433. The number of hydrogen-bond acceptors (Lipinski definition) is 9. The third kappa shape index (κ3) is 5.17. The van der Waals surface area contributed by atoms with Crippen LogP contribution in [0, 0.1) is 0 Å². The number of carbonyl (C=O) groups excluding carboxylic acids is 1. The molecule has 1 aromatic heterocycles. The van der Waals surface area contributed by atoms with Gasteiger partial charge >= 0.3 is 6.09 Å². The number of benzene rings is 2. The monoisotopic (exact) mass is 544 g/mol. The van der Waals surface area contributed by atoms with Crippen LogP contribution in [-0.2, 0) is 4.74 Å². The van der Waals surface area contributed by atoms with E-state index in [9.17, 15) is 9.90 Å². The number of nitrogens with zero attached hydrogens (tertiary/aromatic N) is 5. The lowest BCUT2D eigenvalue weighted by Crippen LogP contribution is -2.57. The summed E-state index contributed by atoms with van der Waals surface area (Å²) in [6.45, 7) is 8.27. The summed E-state index contributed by atoms with van der Waals surface area (Å²) in [7, 11) is 0. The van der Waals surface area contributed by atoms with Crippen LogP contribution < -0.4 is 20.3 Å². The first kappa shape index (κ1) is 26.0. The maximum Gasteiger partial charge on any atom is 0.410 e. The third-order valence-corrected chi connectivity index (χ3v) is 7.72. The molecule has 0 saturated carbocycles. The predicted molar refractivity (Wildman–Crippen MR) is 154 cm³/mol. The number of hydrogen-bond donors (Lipinski definition) is 2. The lowest BCUT2D eigenvalue weighted by molar-refractivity contribution is -0.0221. The highest BCUT2D eigenvalue weighted by atomic mass is 16.6. The van der Waals surface area contributed by atoms with Gasteiger partial charge in [-0.1, -0.05) is 18.2 Å². The number of amides is 1. The van der Waals surface area contributed by atoms with E-state index in [1.54, 1.807) is 17.0 Å². The average molecular weight is 545 g/mol. The summed E-state index contributed by atoms with van der Waals surface area (Å²) in [5, 5.41) is 18.8. The molecule has 3 aromatic rings. The number of phenolic OH excluding ortho intramolecular Hbond substituents is 1. The third-order valence-electron chi connectivity index (χ3n) is 7.72. The second kappa shape index (κ2) is 10.1. The van der Waals surface area contributed by atoms with E-state index in [0.29, 0.717) is 42.2 Å². The van der Waals surface area contributed by atoms with Gasteiger partial charge < -0.3 is 35.0 Å². The van der Waals surface area contributed by atoms with Gasteiger partial charge in [-0.3, -0.25) is 0 Å². The van der Waals surface area contributed by atoms with Crippen molar-refractivity contribution in [1.82, 2.24) is 15.1 Å². The molecule has 1 amide bonds. The van der Waals surface area contributed by atoms with Crippen molar-refractivity contribution in [2.24, 2.45) is 0 Å². The van der Waals surface area contributed by atoms with Crippen molar-refractivity contribution in [3.8, 4) is 22.8 Å². The summed E-state index contributed by atoms with van der Waals surface area (Å²) < 4.78 is 11.7. The largest absolute Gasteiger partial charge is 0.507 e. The molecule has 3 aliphatic heterocycles. The van der Waals surface area contributed by atoms with Crippen molar-refractivity contribution in [3.63, 3.8) is 0 Å². The zero-order chi connectivity index (χ0) is 28.0. The molecule has 3 N–H and O–H groups in total. The van der Waals surface area contributed by atoms with Gasteiger partial charge in [0.2, 0.25) is 0 Å². The molecule has 3 saturated heterocycles. The van der Waals surface area contributed by atoms with E-state index in [0.717, 1.165) is 43.1 Å². The number of carbonyl (C=O) groups is 1. The maximum atomic E-state index is 12.2. The smallest absolute Gasteiger partial charge is 0.410 e. The quantitative estimate of drug-likeness (QED) is 0.485. The van der Waals surface area contributed by atoms with E-state index in [-0.39, 0.29) is 17.9 Å². The van der Waals surface area contributed by atoms with Crippen molar-refractivity contribution in [2.45, 2.75) is 57.4 Å². The van der Waals surface area contributed by atoms with Crippen molar-refractivity contribution >= 4 is 23.3 Å². The van der Waals surface area contributed by atoms with Crippen LogP contribution in [0.15, 0.2) is 54.6 Å². The molecule has 6 rings (SSSR count). The highest BCUT2D eigenvalue weighted by molar-refractivity contribution is 5.74. The van der Waals surface area contributed by atoms with E-state index in [1.165, 1.54) is 0 Å². The molecule has 10 nitrogen and oxygen atoms in total. The number of phenols is 1. The number of aromatic hydroxyl groups is 1. The summed E-state index contributed by atoms with van der Waals surface area (Å²) in [6, 6.07) is 17.9. The minimum atomic E-state index is -0.506. The van der Waals surface area contributed by atoms with Crippen LogP contribution in [0.1, 0.15) is 33.6 Å². The maximum absolute atomic E-state index is 12.2. The Labute approximate surface area is 234 Å². The fourth-order valence-corrected chi connectivity index (χ4v) is 5.89. The summed E-state index contributed by atoms with van der Waals surface area (Å²) in [5.74, 6) is 1.37. The number of nitrogens with two attached hydrogens (primary N) is 1. The van der Waals surface area contributed by atoms with Crippen LogP contribution in [0.25, 0.3) is 11.3 Å². The van der Waals surface area contributed by atoms with Crippen LogP contribution >= 0.6 is 0 Å². The van der Waals surface area contributed by atoms with Gasteiger partial charge in [-0.05, 0) is 63.9 Å². The first-order valence-corrected chi connectivity index (χ1v) is 13.8. The number of fused-ring (bicyclic) bond motifs is 2. The van der Waals surface area contributed by atoms with Gasteiger partial charge in [-0.2, -0.15) is 0 Å². The zero-order valence-electron chi connectivity index (χ0n) is 23.2. The van der Waals surface area contributed by atoms with Gasteiger partial charge in [0.05, 0.1) is 24.5 Å². The molecule has 4 heterocycles. The second-order valence-electron chi connectivity index (χ2n) is 11.8. The van der Waals surface area contributed by atoms with Crippen LogP contribution in [0.5, 0.6) is 11.5 Å². The summed E-state index contributed by atoms with van der Waals surface area (Å²) in [5.41, 5.74) is 9.02. The number of ether oxygens (including phenoxy) is 2. The van der Waals surface area contributed by atoms with Crippen LogP contribution in [0.4, 0.5) is 22.0 Å². The molecular formula is C30H36N6O4. The topological polar surface area (TPSA) is 117 Å². The standard InChI is InChI=1S/C30H36N6O4/c1-30(2,3)40-29(38)35-17-23(18-35)39-22-8-6-7-19(13-22)36-20-11-12-21(36)16-34(15-20)26-14-25(32-33-28(26)31)24-9-4-5-10-27(24)37/h4-10,13-14,20-21,23,37H,11-12,15-18H2,1-3H3,(H2,31,33)/t20-,21+. The molecule has 10 heteroatoms. The Morgan fingerprint density at radius 1 is 0.975 bits per heavy atom. The molecule has 3 aliphatic rings. The normalized spacial score (nSPS) is 20.8. The second-order valence-corrected chi connectivity index (χ2v) is 11.8. The van der Waals surface area contributed by atoms with E-state index in [2.05, 4.69) is 32.1 Å². The molecule has 0 aliphatic carbocycles. The highest BCUT2D eigenvalue weighted by Gasteiger charge is 2.41. The van der Waals surface area contributed by atoms with Gasteiger partial charge in [0.25, 0.3) is 0 Å². The number of likely N-dealkylation sites (tertiary alicyclic amines) is 1. The molecule has 2 atom stereocenters. The molecule has 2 bridgehead atoms. The molecular weight excluding hydrogens is 508 g/mol. The molecule has 0 spiro atoms. The molecule has 0 radical (unpaired) electrons. The minimum absolute atomic E-state index is 0.0447. The van der Waals surface area contributed by atoms with Crippen molar-refractivity contribution in [1.29, 1.82) is 0 Å². The van der Waals surface area contributed by atoms with Gasteiger partial charge in [-0.25, -0.2) is 4.79 Å². The van der Waals surface area contributed by atoms with Crippen LogP contribution in [0.2, 0.25) is 0 Å². The number of para-hydroxylation sites is 1. The van der Waals surface area contributed by atoms with Crippen molar-refractivity contribution in [2.75, 3.05) is 41.7 Å². The van der Waals surface area contributed by atoms with E-state index >= 15 is 0 Å². The van der Waals surface area contributed by atoms with Crippen LogP contribution in [0.3, 0.4) is 0 Å². The molecule has 3 fully saturated rings. The summed E-state index contributed by atoms with van der Waals surface area (Å²) in [4.78, 5) is 18.7. The SMILES string of the molecule is CC(C)(C)OC(=O)N1CC(Oc2cccc(N3[C@@H]4CC[C@H]3CN(c3cc(-c5ccccc5O)nnc3N)C4)c2)C1. The average Bonchev–Trinajstić information content (AvgIpc) is 3.15. The Morgan fingerprint density at radius 3 is 2.40 bits per heavy atom. The molecule has 210 valence electrons. The Kier molecular flexibility index (Phi) is 6.56. The fourth-order valence-electron chi connectivity index (χ4n) is 5.89. The number of nitrogen functional groups attached to an aromatic ring is 1. The Bertz CT molecular complexity index is 1390. The van der Waals surface area contributed by atoms with Gasteiger partial charge in [0, 0.05) is 42.5 Å².